The maximum absolute atomic E-state index is 10.6. The van der Waals surface area contributed by atoms with Gasteiger partial charge in [-0.3, -0.25) is 19.7 Å². The van der Waals surface area contributed by atoms with Gasteiger partial charge in [0.15, 0.2) is 11.8 Å². The molecule has 0 aliphatic carbocycles. The normalized spacial score (nSPS) is 12.1. The maximum atomic E-state index is 10.6. The quantitative estimate of drug-likeness (QED) is 0.422. The first-order chi connectivity index (χ1) is 5.45. The van der Waals surface area contributed by atoms with Crippen molar-refractivity contribution in [3.63, 3.8) is 0 Å². The molecule has 0 aromatic rings. The first-order valence-electron chi connectivity index (χ1n) is 3.20. The maximum Gasteiger partial charge on any atom is 0.328 e. The third-order valence-corrected chi connectivity index (χ3v) is 1.13. The minimum atomic E-state index is -1.35. The summed E-state index contributed by atoms with van der Waals surface area (Å²) >= 11 is 0. The highest BCUT2D eigenvalue weighted by atomic mass is 16.4. The van der Waals surface area contributed by atoms with E-state index in [4.69, 9.17) is 10.8 Å². The molecule has 68 valence electrons. The summed E-state index contributed by atoms with van der Waals surface area (Å²) in [5, 5.41) is 10.6. The Balaban J connectivity index is 4.06. The van der Waals surface area contributed by atoms with Gasteiger partial charge in [-0.15, -0.1) is 0 Å². The number of hydrogen-bond acceptors (Lipinski definition) is 4. The van der Waals surface area contributed by atoms with Crippen LogP contribution in [0.5, 0.6) is 0 Å². The minimum absolute atomic E-state index is 0.323. The third kappa shape index (κ3) is 3.67. The van der Waals surface area contributed by atoms with E-state index in [0.717, 1.165) is 6.92 Å². The Hall–Kier alpha value is -1.43. The number of carboxylic acid groups (broad SMARTS) is 1. The van der Waals surface area contributed by atoms with Crippen LogP contribution < -0.4 is 11.1 Å². The van der Waals surface area contributed by atoms with E-state index in [1.807, 2.05) is 0 Å². The first-order valence-corrected chi connectivity index (χ1v) is 3.20. The molecule has 0 bridgehead atoms. The lowest BCUT2D eigenvalue weighted by atomic mass is 10.2. The molecule has 0 aromatic heterocycles. The van der Waals surface area contributed by atoms with Crippen LogP contribution in [0.4, 0.5) is 0 Å². The van der Waals surface area contributed by atoms with Gasteiger partial charge in [0.1, 0.15) is 0 Å². The number of Topliss-reactive ketones (excluding diaryl/α,β-unsaturated/α-hetero) is 1. The molecule has 0 aliphatic rings. The molecule has 0 aromatic carbocycles. The van der Waals surface area contributed by atoms with Crippen LogP contribution >= 0.6 is 0 Å². The van der Waals surface area contributed by atoms with Crippen LogP contribution in [0.1, 0.15) is 6.92 Å². The second-order valence-corrected chi connectivity index (χ2v) is 2.23. The molecule has 1 atom stereocenters. The predicted molar refractivity (Wildman–Crippen MR) is 39.3 cm³/mol. The summed E-state index contributed by atoms with van der Waals surface area (Å²) < 4.78 is 0. The van der Waals surface area contributed by atoms with Crippen LogP contribution in [0, 0.1) is 0 Å². The SMILES string of the molecule is CC(=O)C(NCC(N)=O)C(=O)O. The lowest BCUT2D eigenvalue weighted by Gasteiger charge is -2.08. The molecule has 4 N–H and O–H groups in total. The van der Waals surface area contributed by atoms with Gasteiger partial charge >= 0.3 is 5.97 Å². The van der Waals surface area contributed by atoms with Gasteiger partial charge in [-0.2, -0.15) is 0 Å². The third-order valence-electron chi connectivity index (χ3n) is 1.13. The predicted octanol–water partition coefficient (Wildman–Crippen LogP) is -1.90. The van der Waals surface area contributed by atoms with Crippen LogP contribution in [-0.4, -0.2) is 35.4 Å². The number of hydrogen-bond donors (Lipinski definition) is 3. The van der Waals surface area contributed by atoms with E-state index in [2.05, 4.69) is 5.32 Å². The van der Waals surface area contributed by atoms with Crippen molar-refractivity contribution in [3.8, 4) is 0 Å². The number of ketones is 1. The highest BCUT2D eigenvalue weighted by molar-refractivity contribution is 6.01. The Morgan fingerprint density at radius 2 is 2.00 bits per heavy atom. The zero-order chi connectivity index (χ0) is 9.72. The van der Waals surface area contributed by atoms with Gasteiger partial charge in [-0.1, -0.05) is 0 Å². The van der Waals surface area contributed by atoms with E-state index in [-0.39, 0.29) is 6.54 Å². The summed E-state index contributed by atoms with van der Waals surface area (Å²) in [4.78, 5) is 31.1. The largest absolute Gasteiger partial charge is 0.480 e. The van der Waals surface area contributed by atoms with Crippen molar-refractivity contribution < 1.29 is 19.5 Å². The highest BCUT2D eigenvalue weighted by Gasteiger charge is 2.21. The van der Waals surface area contributed by atoms with Gasteiger partial charge in [0.2, 0.25) is 5.91 Å². The summed E-state index contributed by atoms with van der Waals surface area (Å²) in [6.45, 7) is 0.795. The lowest BCUT2D eigenvalue weighted by Crippen LogP contribution is -2.45. The van der Waals surface area contributed by atoms with Crippen molar-refractivity contribution in [2.45, 2.75) is 13.0 Å². The zero-order valence-corrected chi connectivity index (χ0v) is 6.53. The minimum Gasteiger partial charge on any atom is -0.480 e. The molecule has 0 aliphatic heterocycles. The average Bonchev–Trinajstić information content (AvgIpc) is 1.84. The number of amides is 1. The van der Waals surface area contributed by atoms with Crippen molar-refractivity contribution in [2.75, 3.05) is 6.54 Å². The Morgan fingerprint density at radius 1 is 1.50 bits per heavy atom. The van der Waals surface area contributed by atoms with E-state index in [1.54, 1.807) is 0 Å². The molecular formula is C6H10N2O4. The number of carbonyl (C=O) groups excluding carboxylic acids is 2. The highest BCUT2D eigenvalue weighted by Crippen LogP contribution is 1.85. The van der Waals surface area contributed by atoms with Crippen molar-refractivity contribution in [1.29, 1.82) is 0 Å². The van der Waals surface area contributed by atoms with E-state index in [0.29, 0.717) is 0 Å². The van der Waals surface area contributed by atoms with Crippen molar-refractivity contribution >= 4 is 17.7 Å². The molecule has 1 amide bonds. The summed E-state index contributed by atoms with van der Waals surface area (Å²) in [7, 11) is 0. The van der Waals surface area contributed by atoms with Crippen LogP contribution in [0.2, 0.25) is 0 Å². The molecule has 6 nitrogen and oxygen atoms in total. The van der Waals surface area contributed by atoms with Gasteiger partial charge in [-0.25, -0.2) is 0 Å². The van der Waals surface area contributed by atoms with Gasteiger partial charge in [0, 0.05) is 0 Å². The summed E-state index contributed by atoms with van der Waals surface area (Å²) in [6, 6.07) is -1.35. The van der Waals surface area contributed by atoms with E-state index in [9.17, 15) is 14.4 Å². The standard InChI is InChI=1S/C6H10N2O4/c1-3(9)5(6(11)12)8-2-4(7)10/h5,8H,2H2,1H3,(H2,7,10)(H,11,12). The molecule has 6 heteroatoms. The van der Waals surface area contributed by atoms with E-state index < -0.39 is 23.7 Å². The van der Waals surface area contributed by atoms with Crippen molar-refractivity contribution in [2.24, 2.45) is 5.73 Å². The Morgan fingerprint density at radius 3 is 2.25 bits per heavy atom. The van der Waals surface area contributed by atoms with Crippen LogP contribution in [0.15, 0.2) is 0 Å². The topological polar surface area (TPSA) is 109 Å². The fourth-order valence-corrected chi connectivity index (χ4v) is 0.608. The second kappa shape index (κ2) is 4.45. The zero-order valence-electron chi connectivity index (χ0n) is 6.53. The number of nitrogens with one attached hydrogen (secondary N) is 1. The van der Waals surface area contributed by atoms with E-state index >= 15 is 0 Å². The molecule has 1 unspecified atom stereocenters. The molecule has 0 radical (unpaired) electrons. The fraction of sp³-hybridized carbons (Fsp3) is 0.500. The molecular weight excluding hydrogens is 164 g/mol. The lowest BCUT2D eigenvalue weighted by molar-refractivity contribution is -0.142. The fourth-order valence-electron chi connectivity index (χ4n) is 0.608. The number of carboxylic acids is 1. The first kappa shape index (κ1) is 10.6. The average molecular weight is 174 g/mol. The van der Waals surface area contributed by atoms with E-state index in [1.165, 1.54) is 0 Å². The summed E-state index contributed by atoms with van der Waals surface area (Å²) in [5.41, 5.74) is 4.74. The number of primary amides is 1. The molecule has 12 heavy (non-hydrogen) atoms. The monoisotopic (exact) mass is 174 g/mol. The van der Waals surface area contributed by atoms with Crippen LogP contribution in [-0.2, 0) is 14.4 Å². The van der Waals surface area contributed by atoms with Crippen molar-refractivity contribution in [3.05, 3.63) is 0 Å². The van der Waals surface area contributed by atoms with Crippen LogP contribution in [0.3, 0.4) is 0 Å². The molecule has 0 fully saturated rings. The molecule has 0 saturated carbocycles. The Kier molecular flexibility index (Phi) is 3.92. The number of carbonyl (C=O) groups is 3. The molecule has 0 heterocycles. The number of rotatable bonds is 5. The number of nitrogens with two attached hydrogens (primary N) is 1. The molecule has 0 rings (SSSR count). The summed E-state index contributed by atoms with van der Waals surface area (Å²) in [6.07, 6.45) is 0. The van der Waals surface area contributed by atoms with Gasteiger partial charge < -0.3 is 10.8 Å². The molecule has 0 spiro atoms. The van der Waals surface area contributed by atoms with Crippen molar-refractivity contribution in [1.82, 2.24) is 5.32 Å². The smallest absolute Gasteiger partial charge is 0.328 e. The van der Waals surface area contributed by atoms with Crippen LogP contribution in [0.25, 0.3) is 0 Å². The Bertz CT molecular complexity index is 200. The van der Waals surface area contributed by atoms with Gasteiger partial charge in [0.05, 0.1) is 6.54 Å². The number of aliphatic carboxylic acids is 1. The Labute approximate surface area is 68.7 Å². The molecule has 0 saturated heterocycles. The summed E-state index contributed by atoms with van der Waals surface area (Å²) in [5.74, 6) is -2.59. The van der Waals surface area contributed by atoms with Gasteiger partial charge in [-0.05, 0) is 6.92 Å². The second-order valence-electron chi connectivity index (χ2n) is 2.23. The van der Waals surface area contributed by atoms with Gasteiger partial charge in [0.25, 0.3) is 0 Å².